The Hall–Kier alpha value is -1.48. The topological polar surface area (TPSA) is 79.0 Å². The largest absolute Gasteiger partial charge is 0.373 e. The number of nitrogens with one attached hydrogen (secondary N) is 1. The Bertz CT molecular complexity index is 720. The van der Waals surface area contributed by atoms with Crippen LogP contribution >= 0.6 is 0 Å². The SMILES string of the molecule is CCCN(CCC)CC(=O)Nc1ccc(S(=O)(=O)N2C[C@@H](C)O[C@H](C)C2)cc1. The average molecular weight is 412 g/mol. The van der Waals surface area contributed by atoms with Gasteiger partial charge in [0, 0.05) is 18.8 Å². The van der Waals surface area contributed by atoms with Crippen molar-refractivity contribution in [3.63, 3.8) is 0 Å². The fourth-order valence-electron chi connectivity index (χ4n) is 3.49. The van der Waals surface area contributed by atoms with E-state index in [2.05, 4.69) is 24.1 Å². The number of ether oxygens (including phenoxy) is 1. The fourth-order valence-corrected chi connectivity index (χ4v) is 5.08. The van der Waals surface area contributed by atoms with E-state index in [1.165, 1.54) is 4.31 Å². The van der Waals surface area contributed by atoms with Crippen LogP contribution in [-0.2, 0) is 19.6 Å². The molecule has 0 radical (unpaired) electrons. The summed E-state index contributed by atoms with van der Waals surface area (Å²) < 4.78 is 32.8. The average Bonchev–Trinajstić information content (AvgIpc) is 2.61. The normalized spacial score (nSPS) is 21.0. The highest BCUT2D eigenvalue weighted by molar-refractivity contribution is 7.89. The zero-order chi connectivity index (χ0) is 20.7. The molecule has 28 heavy (non-hydrogen) atoms. The summed E-state index contributed by atoms with van der Waals surface area (Å²) in [7, 11) is -3.57. The van der Waals surface area contributed by atoms with Crippen LogP contribution in [0.4, 0.5) is 5.69 Å². The van der Waals surface area contributed by atoms with Crippen molar-refractivity contribution >= 4 is 21.6 Å². The second-order valence-corrected chi connectivity index (χ2v) is 9.37. The van der Waals surface area contributed by atoms with Gasteiger partial charge in [0.1, 0.15) is 0 Å². The maximum absolute atomic E-state index is 12.9. The predicted octanol–water partition coefficient (Wildman–Crippen LogP) is 2.55. The van der Waals surface area contributed by atoms with E-state index in [4.69, 9.17) is 4.74 Å². The minimum Gasteiger partial charge on any atom is -0.373 e. The Morgan fingerprint density at radius 2 is 1.64 bits per heavy atom. The van der Waals surface area contributed by atoms with Gasteiger partial charge < -0.3 is 10.1 Å². The monoisotopic (exact) mass is 411 g/mol. The van der Waals surface area contributed by atoms with Crippen LogP contribution in [0.2, 0.25) is 0 Å². The molecule has 1 N–H and O–H groups in total. The number of anilines is 1. The van der Waals surface area contributed by atoms with Gasteiger partial charge in [-0.25, -0.2) is 8.42 Å². The predicted molar refractivity (Wildman–Crippen MR) is 111 cm³/mol. The van der Waals surface area contributed by atoms with Crippen molar-refractivity contribution in [1.29, 1.82) is 0 Å². The fraction of sp³-hybridized carbons (Fsp3) is 0.650. The lowest BCUT2D eigenvalue weighted by Crippen LogP contribution is -2.48. The molecule has 0 bridgehead atoms. The van der Waals surface area contributed by atoms with Gasteiger partial charge in [-0.1, -0.05) is 13.8 Å². The van der Waals surface area contributed by atoms with Crippen molar-refractivity contribution in [1.82, 2.24) is 9.21 Å². The first-order chi connectivity index (χ1) is 13.3. The van der Waals surface area contributed by atoms with Crippen LogP contribution in [-0.4, -0.2) is 68.5 Å². The van der Waals surface area contributed by atoms with Gasteiger partial charge in [0.15, 0.2) is 0 Å². The molecular formula is C20H33N3O4S. The molecule has 0 saturated carbocycles. The van der Waals surface area contributed by atoms with Crippen molar-refractivity contribution in [2.45, 2.75) is 57.6 Å². The first-order valence-corrected chi connectivity index (χ1v) is 11.5. The Kier molecular flexibility index (Phi) is 8.42. The molecule has 2 rings (SSSR count). The number of amides is 1. The van der Waals surface area contributed by atoms with Gasteiger partial charge in [0.2, 0.25) is 15.9 Å². The Balaban J connectivity index is 2.01. The van der Waals surface area contributed by atoms with Crippen LogP contribution in [0.1, 0.15) is 40.5 Å². The summed E-state index contributed by atoms with van der Waals surface area (Å²) in [6.45, 7) is 10.7. The molecule has 1 heterocycles. The quantitative estimate of drug-likeness (QED) is 0.676. The molecule has 2 atom stereocenters. The summed E-state index contributed by atoms with van der Waals surface area (Å²) in [6, 6.07) is 6.38. The molecule has 1 fully saturated rings. The zero-order valence-electron chi connectivity index (χ0n) is 17.3. The minimum atomic E-state index is -3.57. The van der Waals surface area contributed by atoms with Crippen LogP contribution in [0, 0.1) is 0 Å². The zero-order valence-corrected chi connectivity index (χ0v) is 18.2. The van der Waals surface area contributed by atoms with Crippen molar-refractivity contribution in [3.05, 3.63) is 24.3 Å². The van der Waals surface area contributed by atoms with Gasteiger partial charge in [-0.3, -0.25) is 9.69 Å². The second kappa shape index (κ2) is 10.3. The summed E-state index contributed by atoms with van der Waals surface area (Å²) in [5, 5.41) is 2.85. The van der Waals surface area contributed by atoms with Crippen molar-refractivity contribution in [3.8, 4) is 0 Å². The molecular weight excluding hydrogens is 378 g/mol. The molecule has 0 aromatic heterocycles. The third-order valence-electron chi connectivity index (χ3n) is 4.61. The maximum Gasteiger partial charge on any atom is 0.243 e. The first kappa shape index (κ1) is 22.8. The number of sulfonamides is 1. The van der Waals surface area contributed by atoms with E-state index in [1.54, 1.807) is 24.3 Å². The number of rotatable bonds is 9. The molecule has 8 heteroatoms. The van der Waals surface area contributed by atoms with Gasteiger partial charge in [-0.05, 0) is 64.0 Å². The third kappa shape index (κ3) is 6.27. The smallest absolute Gasteiger partial charge is 0.243 e. The van der Waals surface area contributed by atoms with E-state index in [-0.39, 0.29) is 23.0 Å². The van der Waals surface area contributed by atoms with Crippen molar-refractivity contribution in [2.24, 2.45) is 0 Å². The minimum absolute atomic E-state index is 0.0895. The van der Waals surface area contributed by atoms with Gasteiger partial charge >= 0.3 is 0 Å². The molecule has 0 spiro atoms. The molecule has 0 aliphatic carbocycles. The number of benzene rings is 1. The molecule has 1 aromatic rings. The summed E-state index contributed by atoms with van der Waals surface area (Å²) >= 11 is 0. The molecule has 0 unspecified atom stereocenters. The van der Waals surface area contributed by atoms with E-state index in [9.17, 15) is 13.2 Å². The Labute approximate surface area is 169 Å². The molecule has 1 saturated heterocycles. The lowest BCUT2D eigenvalue weighted by molar-refractivity contribution is -0.117. The highest BCUT2D eigenvalue weighted by Gasteiger charge is 2.32. The standard InChI is InChI=1S/C20H33N3O4S/c1-5-11-22(12-6-2)15-20(24)21-18-7-9-19(10-8-18)28(25,26)23-13-16(3)27-17(4)14-23/h7-10,16-17H,5-6,11-15H2,1-4H3,(H,21,24)/t16-,17-/m1/s1. The van der Waals surface area contributed by atoms with E-state index < -0.39 is 10.0 Å². The van der Waals surface area contributed by atoms with Gasteiger partial charge in [0.25, 0.3) is 0 Å². The third-order valence-corrected chi connectivity index (χ3v) is 6.45. The maximum atomic E-state index is 12.9. The van der Waals surface area contributed by atoms with Crippen LogP contribution < -0.4 is 5.32 Å². The van der Waals surface area contributed by atoms with E-state index >= 15 is 0 Å². The second-order valence-electron chi connectivity index (χ2n) is 7.43. The number of nitrogens with zero attached hydrogens (tertiary/aromatic N) is 2. The summed E-state index contributed by atoms with van der Waals surface area (Å²) in [5.41, 5.74) is 0.598. The summed E-state index contributed by atoms with van der Waals surface area (Å²) in [5.74, 6) is -0.0895. The molecule has 7 nitrogen and oxygen atoms in total. The number of morpholine rings is 1. The Morgan fingerprint density at radius 3 is 2.14 bits per heavy atom. The lowest BCUT2D eigenvalue weighted by Gasteiger charge is -2.34. The molecule has 1 aromatic carbocycles. The van der Waals surface area contributed by atoms with E-state index in [1.807, 2.05) is 13.8 Å². The highest BCUT2D eigenvalue weighted by Crippen LogP contribution is 2.22. The lowest BCUT2D eigenvalue weighted by atomic mass is 10.3. The van der Waals surface area contributed by atoms with E-state index in [0.717, 1.165) is 25.9 Å². The van der Waals surface area contributed by atoms with Crippen LogP contribution in [0.15, 0.2) is 29.2 Å². The van der Waals surface area contributed by atoms with Crippen LogP contribution in [0.3, 0.4) is 0 Å². The number of hydrogen-bond acceptors (Lipinski definition) is 5. The molecule has 1 aliphatic heterocycles. The van der Waals surface area contributed by atoms with Gasteiger partial charge in [-0.15, -0.1) is 0 Å². The summed E-state index contributed by atoms with van der Waals surface area (Å²) in [4.78, 5) is 14.6. The number of hydrogen-bond donors (Lipinski definition) is 1. The molecule has 1 amide bonds. The number of carbonyl (C=O) groups is 1. The number of carbonyl (C=O) groups excluding carboxylic acids is 1. The highest BCUT2D eigenvalue weighted by atomic mass is 32.2. The van der Waals surface area contributed by atoms with Crippen LogP contribution in [0.5, 0.6) is 0 Å². The van der Waals surface area contributed by atoms with Crippen molar-refractivity contribution in [2.75, 3.05) is 38.0 Å². The van der Waals surface area contributed by atoms with Crippen LogP contribution in [0.25, 0.3) is 0 Å². The van der Waals surface area contributed by atoms with Crippen molar-refractivity contribution < 1.29 is 17.9 Å². The summed E-state index contributed by atoms with van der Waals surface area (Å²) in [6.07, 6.45) is 1.73. The van der Waals surface area contributed by atoms with Gasteiger partial charge in [0.05, 0.1) is 23.6 Å². The molecule has 1 aliphatic rings. The Morgan fingerprint density at radius 1 is 1.11 bits per heavy atom. The molecule has 158 valence electrons. The first-order valence-electron chi connectivity index (χ1n) is 10.0. The van der Waals surface area contributed by atoms with Gasteiger partial charge in [-0.2, -0.15) is 4.31 Å². The van der Waals surface area contributed by atoms with E-state index in [0.29, 0.717) is 25.3 Å².